The Balaban J connectivity index is -0.00000111. The van der Waals surface area contributed by atoms with Crippen molar-refractivity contribution in [1.82, 2.24) is 0 Å². The lowest BCUT2D eigenvalue weighted by Gasteiger charge is -2.18. The van der Waals surface area contributed by atoms with E-state index in [0.29, 0.717) is 25.7 Å². The number of methoxy groups -OCH3 is 1. The van der Waals surface area contributed by atoms with Crippen LogP contribution in [0.2, 0.25) is 0 Å². The largest absolute Gasteiger partial charge is 0.469 e. The molecule has 0 aromatic heterocycles. The van der Waals surface area contributed by atoms with Crippen LogP contribution in [0, 0.1) is 0 Å². The molecule has 0 saturated carbocycles. The van der Waals surface area contributed by atoms with Crippen LogP contribution >= 0.6 is 0 Å². The minimum absolute atomic E-state index is 0. The van der Waals surface area contributed by atoms with Crippen LogP contribution < -0.4 is 0 Å². The zero-order valence-corrected chi connectivity index (χ0v) is 59.0. The van der Waals surface area contributed by atoms with Gasteiger partial charge in [0.2, 0.25) is 0 Å². The molecule has 0 aliphatic heterocycles. The van der Waals surface area contributed by atoms with Gasteiger partial charge >= 0.3 is 23.9 Å². The summed E-state index contributed by atoms with van der Waals surface area (Å²) in [6, 6.07) is 0. The zero-order valence-electron chi connectivity index (χ0n) is 59.0. The van der Waals surface area contributed by atoms with Crippen molar-refractivity contribution in [3.63, 3.8) is 0 Å². The number of carbonyl (C=O) groups is 4. The number of aliphatic hydroxyl groups is 3. The molecule has 0 aromatic carbocycles. The lowest BCUT2D eigenvalue weighted by molar-refractivity contribution is -0.167. The summed E-state index contributed by atoms with van der Waals surface area (Å²) in [5.74, 6) is -1.00. The molecule has 11 nitrogen and oxygen atoms in total. The molecule has 0 fully saturated rings. The van der Waals surface area contributed by atoms with Gasteiger partial charge in [0.1, 0.15) is 19.3 Å². The van der Waals surface area contributed by atoms with Crippen LogP contribution in [-0.2, 0) is 38.1 Å². The molecule has 0 amide bonds. The lowest BCUT2D eigenvalue weighted by atomic mass is 10.1. The second kappa shape index (κ2) is 84.0. The molecule has 0 radical (unpaired) electrons. The summed E-state index contributed by atoms with van der Waals surface area (Å²) < 4.78 is 21.4. The Bertz CT molecular complexity index is 1710. The van der Waals surface area contributed by atoms with Crippen molar-refractivity contribution < 1.29 is 53.4 Å². The number of rotatable bonds is 64. The van der Waals surface area contributed by atoms with E-state index >= 15 is 0 Å². The Labute approximate surface area is 561 Å². The van der Waals surface area contributed by atoms with Crippen LogP contribution in [0.3, 0.4) is 0 Å². The van der Waals surface area contributed by atoms with E-state index in [1.807, 2.05) is 0 Å². The molecule has 0 heterocycles. The molecule has 0 aliphatic carbocycles. The second-order valence-corrected chi connectivity index (χ2v) is 24.3. The Morgan fingerprint density at radius 2 is 0.549 bits per heavy atom. The molecule has 1 unspecified atom stereocenters. The highest BCUT2D eigenvalue weighted by atomic mass is 16.6. The van der Waals surface area contributed by atoms with Gasteiger partial charge in [-0.3, -0.25) is 19.2 Å². The average molecular weight is 1280 g/mol. The fourth-order valence-corrected chi connectivity index (χ4v) is 9.59. The lowest BCUT2D eigenvalue weighted by Crippen LogP contribution is -2.30. The van der Waals surface area contributed by atoms with E-state index in [1.54, 1.807) is 0 Å². The van der Waals surface area contributed by atoms with Gasteiger partial charge in [-0.1, -0.05) is 268 Å². The molecule has 0 aliphatic rings. The van der Waals surface area contributed by atoms with Gasteiger partial charge < -0.3 is 34.3 Å². The molecule has 11 heteroatoms. The summed E-state index contributed by atoms with van der Waals surface area (Å²) in [5, 5.41) is 24.0. The molecule has 532 valence electrons. The standard InChI is InChI=1S/C57H100O6.C19H34O2.C3H8O3.CH4/c1-4-7-10-13-16-19-22-25-28-31-34-37-40-43-46-49-55(58)61-52-54(63-57(60)51-48-45-42-39-36-33-30-27-24-21-18-15-12-9-6-3)53-62-56(59)50-47-44-41-38-35-32-29-26-23-20-17-14-11-8-5-2;1-3-4-5-6-7-8-9-10-11-12-13-14-15-16-17-18-19(20)21-2;4-1-3(6)2-5;/h16,18-19,21,25-30,54H,4-15,17,20,22-24,31-53H2,1-3H3;6-7,10-11H,3-5,8-9,12-18H2,1-2H3;3-6H,1-2H2;1H4/b19-16?,21-18?,28-25+,29-26+,30-27+;7-6?,11-10+;;. The molecule has 0 aromatic rings. The van der Waals surface area contributed by atoms with Crippen LogP contribution in [0.1, 0.15) is 356 Å². The van der Waals surface area contributed by atoms with Crippen molar-refractivity contribution in [2.24, 2.45) is 0 Å². The summed E-state index contributed by atoms with van der Waals surface area (Å²) in [4.78, 5) is 48.9. The Kier molecular flexibility index (Phi) is 86.1. The predicted molar refractivity (Wildman–Crippen MR) is 388 cm³/mol. The van der Waals surface area contributed by atoms with Crippen molar-refractivity contribution in [3.8, 4) is 0 Å². The van der Waals surface area contributed by atoms with Crippen LogP contribution in [0.5, 0.6) is 0 Å². The number of hydrogen-bond donors (Lipinski definition) is 3. The Morgan fingerprint density at radius 3 is 0.857 bits per heavy atom. The molecule has 0 spiro atoms. The van der Waals surface area contributed by atoms with Gasteiger partial charge in [-0.05, 0) is 148 Å². The quantitative estimate of drug-likeness (QED) is 0.0230. The van der Waals surface area contributed by atoms with E-state index in [4.69, 9.17) is 29.5 Å². The van der Waals surface area contributed by atoms with Gasteiger partial charge in [-0.15, -0.1) is 0 Å². The van der Waals surface area contributed by atoms with Crippen LogP contribution in [0.4, 0.5) is 0 Å². The maximum Gasteiger partial charge on any atom is 0.306 e. The molecule has 0 bridgehead atoms. The fraction of sp³-hybridized carbons (Fsp3) is 0.775. The summed E-state index contributed by atoms with van der Waals surface area (Å²) in [7, 11) is 1.45. The van der Waals surface area contributed by atoms with E-state index in [-0.39, 0.29) is 57.7 Å². The molecule has 91 heavy (non-hydrogen) atoms. The van der Waals surface area contributed by atoms with Crippen molar-refractivity contribution in [2.45, 2.75) is 368 Å². The van der Waals surface area contributed by atoms with Crippen LogP contribution in [0.25, 0.3) is 0 Å². The molecule has 3 N–H and O–H groups in total. The van der Waals surface area contributed by atoms with Gasteiger partial charge in [0.15, 0.2) is 6.10 Å². The number of esters is 4. The second-order valence-electron chi connectivity index (χ2n) is 24.3. The molecular weight excluding hydrogens is 1140 g/mol. The smallest absolute Gasteiger partial charge is 0.306 e. The first-order chi connectivity index (χ1) is 44.1. The first-order valence-corrected chi connectivity index (χ1v) is 37.2. The fourth-order valence-electron chi connectivity index (χ4n) is 9.59. The third-order valence-corrected chi connectivity index (χ3v) is 15.4. The van der Waals surface area contributed by atoms with Crippen LogP contribution in [-0.4, -0.2) is 84.9 Å². The van der Waals surface area contributed by atoms with Crippen molar-refractivity contribution in [2.75, 3.05) is 33.5 Å². The van der Waals surface area contributed by atoms with Gasteiger partial charge in [-0.2, -0.15) is 0 Å². The van der Waals surface area contributed by atoms with E-state index in [0.717, 1.165) is 122 Å². The zero-order chi connectivity index (χ0) is 66.4. The number of unbranched alkanes of at least 4 members (excludes halogenated alkanes) is 35. The highest BCUT2D eigenvalue weighted by Crippen LogP contribution is 2.15. The molecule has 0 rings (SSSR count). The Hall–Kier alpha value is -4.06. The summed E-state index contributed by atoms with van der Waals surface area (Å²) in [6.07, 6.45) is 85.5. The van der Waals surface area contributed by atoms with E-state index in [9.17, 15) is 19.2 Å². The van der Waals surface area contributed by atoms with Gasteiger partial charge in [-0.25, -0.2) is 0 Å². The number of hydrogen-bond acceptors (Lipinski definition) is 11. The first-order valence-electron chi connectivity index (χ1n) is 37.2. The normalized spacial score (nSPS) is 12.0. The molecule has 0 saturated heterocycles. The maximum atomic E-state index is 12.8. The van der Waals surface area contributed by atoms with E-state index in [1.165, 1.54) is 180 Å². The summed E-state index contributed by atoms with van der Waals surface area (Å²) in [5.41, 5.74) is 0. The van der Waals surface area contributed by atoms with Crippen LogP contribution in [0.15, 0.2) is 85.1 Å². The SMILES string of the molecule is C.CCCCC=CCC/C=C/CCCCCCCC(=O)OC.CCCCCC=CC/C=C/CCCCCCCC(=O)OCC(COC(=O)CCCCCCC/C=C/CCCCCCCC)OC(=O)CCCCCCC/C=C/CC=CCCCCC.OCC(O)CO. The minimum Gasteiger partial charge on any atom is -0.469 e. The Morgan fingerprint density at radius 1 is 0.308 bits per heavy atom. The number of ether oxygens (including phenoxy) is 4. The molecular formula is C80H146O11. The first kappa shape index (κ1) is 93.3. The minimum atomic E-state index is -0.954. The van der Waals surface area contributed by atoms with E-state index < -0.39 is 12.2 Å². The van der Waals surface area contributed by atoms with Crippen molar-refractivity contribution >= 4 is 23.9 Å². The predicted octanol–water partition coefficient (Wildman–Crippen LogP) is 22.6. The number of aliphatic hydroxyl groups excluding tert-OH is 3. The van der Waals surface area contributed by atoms with Gasteiger partial charge in [0.05, 0.1) is 20.3 Å². The van der Waals surface area contributed by atoms with E-state index in [2.05, 4.69) is 117 Å². The van der Waals surface area contributed by atoms with Gasteiger partial charge in [0.25, 0.3) is 0 Å². The number of carbonyl (C=O) groups excluding carboxylic acids is 4. The monoisotopic (exact) mass is 1280 g/mol. The molecule has 1 atom stereocenters. The maximum absolute atomic E-state index is 12.8. The topological polar surface area (TPSA) is 166 Å². The highest BCUT2D eigenvalue weighted by molar-refractivity contribution is 5.71. The number of allylic oxidation sites excluding steroid dienone is 14. The van der Waals surface area contributed by atoms with Crippen molar-refractivity contribution in [3.05, 3.63) is 85.1 Å². The van der Waals surface area contributed by atoms with Gasteiger partial charge in [0, 0.05) is 25.7 Å². The third kappa shape index (κ3) is 85.9. The summed E-state index contributed by atoms with van der Waals surface area (Å²) in [6.45, 7) is 8.06. The van der Waals surface area contributed by atoms with Crippen molar-refractivity contribution in [1.29, 1.82) is 0 Å². The summed E-state index contributed by atoms with van der Waals surface area (Å²) >= 11 is 0. The average Bonchev–Trinajstić information content (AvgIpc) is 3.65. The highest BCUT2D eigenvalue weighted by Gasteiger charge is 2.19. The third-order valence-electron chi connectivity index (χ3n) is 15.4.